The first-order valence-electron chi connectivity index (χ1n) is 9.33. The zero-order chi connectivity index (χ0) is 19.1. The lowest BCUT2D eigenvalue weighted by Gasteiger charge is -2.24. The molecule has 1 fully saturated rings. The van der Waals surface area contributed by atoms with Crippen molar-refractivity contribution in [1.82, 2.24) is 10.3 Å². The van der Waals surface area contributed by atoms with Crippen molar-refractivity contribution in [3.05, 3.63) is 54.2 Å². The molecule has 0 saturated heterocycles. The zero-order valence-corrected chi connectivity index (χ0v) is 15.4. The van der Waals surface area contributed by atoms with Crippen LogP contribution in [0.25, 0.3) is 0 Å². The number of carbonyl (C=O) groups is 2. The van der Waals surface area contributed by atoms with Gasteiger partial charge >= 0.3 is 5.97 Å². The number of carbonyl (C=O) groups excluding carboxylic acids is 2. The van der Waals surface area contributed by atoms with Gasteiger partial charge in [-0.3, -0.25) is 4.79 Å². The Morgan fingerprint density at radius 1 is 1.07 bits per heavy atom. The third-order valence-corrected chi connectivity index (χ3v) is 4.55. The highest BCUT2D eigenvalue weighted by Crippen LogP contribution is 2.23. The van der Waals surface area contributed by atoms with Gasteiger partial charge in [-0.1, -0.05) is 37.5 Å². The fourth-order valence-electron chi connectivity index (χ4n) is 3.07. The number of nitrogens with one attached hydrogen (secondary N) is 1. The topological polar surface area (TPSA) is 77.5 Å². The molecule has 1 heterocycles. The SMILES string of the molecule is CC(OC(=O)c1cccnc1Oc1ccccc1)C(=O)NC1CCCCC1. The molecule has 27 heavy (non-hydrogen) atoms. The Labute approximate surface area is 158 Å². The van der Waals surface area contributed by atoms with Gasteiger partial charge in [-0.2, -0.15) is 0 Å². The predicted octanol–water partition coefficient (Wildman–Crippen LogP) is 3.87. The summed E-state index contributed by atoms with van der Waals surface area (Å²) in [5.74, 6) is -0.202. The van der Waals surface area contributed by atoms with E-state index in [1.165, 1.54) is 12.6 Å². The van der Waals surface area contributed by atoms with E-state index >= 15 is 0 Å². The summed E-state index contributed by atoms with van der Waals surface area (Å²) in [7, 11) is 0. The molecule has 0 aliphatic heterocycles. The van der Waals surface area contributed by atoms with Crippen molar-refractivity contribution in [2.45, 2.75) is 51.2 Å². The summed E-state index contributed by atoms with van der Waals surface area (Å²) in [5, 5.41) is 2.97. The maximum Gasteiger partial charge on any atom is 0.344 e. The molecule has 1 aromatic heterocycles. The van der Waals surface area contributed by atoms with Crippen LogP contribution in [0.3, 0.4) is 0 Å². The lowest BCUT2D eigenvalue weighted by atomic mass is 9.95. The molecule has 0 bridgehead atoms. The molecule has 6 heteroatoms. The van der Waals surface area contributed by atoms with Crippen molar-refractivity contribution in [2.75, 3.05) is 0 Å². The summed E-state index contributed by atoms with van der Waals surface area (Å²) >= 11 is 0. The Morgan fingerprint density at radius 3 is 2.56 bits per heavy atom. The summed E-state index contributed by atoms with van der Waals surface area (Å²) in [6, 6.07) is 12.4. The number of benzene rings is 1. The van der Waals surface area contributed by atoms with Gasteiger partial charge in [-0.25, -0.2) is 9.78 Å². The second-order valence-electron chi connectivity index (χ2n) is 6.66. The third kappa shape index (κ3) is 5.29. The molecule has 1 amide bonds. The highest BCUT2D eigenvalue weighted by Gasteiger charge is 2.24. The molecule has 1 atom stereocenters. The summed E-state index contributed by atoms with van der Waals surface area (Å²) in [6.07, 6.45) is 6.05. The van der Waals surface area contributed by atoms with Crippen molar-refractivity contribution in [3.8, 4) is 11.6 Å². The van der Waals surface area contributed by atoms with Crippen LogP contribution in [0.5, 0.6) is 11.6 Å². The van der Waals surface area contributed by atoms with E-state index in [9.17, 15) is 9.59 Å². The molecule has 1 aliphatic carbocycles. The molecule has 2 aromatic rings. The molecule has 1 N–H and O–H groups in total. The number of ether oxygens (including phenoxy) is 2. The number of hydrogen-bond acceptors (Lipinski definition) is 5. The summed E-state index contributed by atoms with van der Waals surface area (Å²) in [5.41, 5.74) is 0.179. The standard InChI is InChI=1S/C21H24N2O4/c1-15(19(24)23-16-9-4-2-5-10-16)26-21(25)18-13-8-14-22-20(18)27-17-11-6-3-7-12-17/h3,6-8,11-16H,2,4-5,9-10H2,1H3,(H,23,24). The monoisotopic (exact) mass is 368 g/mol. The van der Waals surface area contributed by atoms with E-state index in [2.05, 4.69) is 10.3 Å². The van der Waals surface area contributed by atoms with Crippen LogP contribution < -0.4 is 10.1 Å². The van der Waals surface area contributed by atoms with E-state index in [1.807, 2.05) is 18.2 Å². The minimum absolute atomic E-state index is 0.147. The maximum absolute atomic E-state index is 12.5. The van der Waals surface area contributed by atoms with Crippen molar-refractivity contribution in [1.29, 1.82) is 0 Å². The van der Waals surface area contributed by atoms with Gasteiger partial charge in [-0.15, -0.1) is 0 Å². The van der Waals surface area contributed by atoms with Gasteiger partial charge in [0.25, 0.3) is 5.91 Å². The molecule has 0 spiro atoms. The first kappa shape index (κ1) is 18.9. The third-order valence-electron chi connectivity index (χ3n) is 4.55. The molecule has 1 aromatic carbocycles. The molecular formula is C21H24N2O4. The number of pyridine rings is 1. The second-order valence-corrected chi connectivity index (χ2v) is 6.66. The Hall–Kier alpha value is -2.89. The van der Waals surface area contributed by atoms with E-state index in [0.29, 0.717) is 5.75 Å². The van der Waals surface area contributed by atoms with Gasteiger partial charge in [0.2, 0.25) is 5.88 Å². The minimum atomic E-state index is -0.885. The number of amides is 1. The summed E-state index contributed by atoms with van der Waals surface area (Å²) in [4.78, 5) is 29.0. The number of nitrogens with zero attached hydrogens (tertiary/aromatic N) is 1. The molecule has 1 aliphatic rings. The number of para-hydroxylation sites is 1. The highest BCUT2D eigenvalue weighted by atomic mass is 16.6. The molecule has 6 nitrogen and oxygen atoms in total. The first-order chi connectivity index (χ1) is 13.1. The normalized spacial score (nSPS) is 15.6. The van der Waals surface area contributed by atoms with E-state index in [0.717, 1.165) is 25.7 Å². The number of aromatic nitrogens is 1. The summed E-state index contributed by atoms with van der Waals surface area (Å²) in [6.45, 7) is 1.57. The molecular weight excluding hydrogens is 344 g/mol. The van der Waals surface area contributed by atoms with E-state index in [-0.39, 0.29) is 23.4 Å². The van der Waals surface area contributed by atoms with Crippen LogP contribution >= 0.6 is 0 Å². The smallest absolute Gasteiger partial charge is 0.344 e. The van der Waals surface area contributed by atoms with Crippen LogP contribution in [0.2, 0.25) is 0 Å². The average molecular weight is 368 g/mol. The zero-order valence-electron chi connectivity index (χ0n) is 15.4. The summed E-state index contributed by atoms with van der Waals surface area (Å²) < 4.78 is 11.0. The highest BCUT2D eigenvalue weighted by molar-refractivity contribution is 5.94. The maximum atomic E-state index is 12.5. The Balaban J connectivity index is 1.62. The van der Waals surface area contributed by atoms with Crippen LogP contribution in [0.4, 0.5) is 0 Å². The average Bonchev–Trinajstić information content (AvgIpc) is 2.70. The van der Waals surface area contributed by atoms with Crippen LogP contribution in [-0.2, 0) is 9.53 Å². The number of hydrogen-bond donors (Lipinski definition) is 1. The Bertz CT molecular complexity index is 773. The lowest BCUT2D eigenvalue weighted by Crippen LogP contribution is -2.42. The number of rotatable bonds is 6. The van der Waals surface area contributed by atoms with Crippen LogP contribution in [0.15, 0.2) is 48.7 Å². The van der Waals surface area contributed by atoms with E-state index in [4.69, 9.17) is 9.47 Å². The van der Waals surface area contributed by atoms with Crippen molar-refractivity contribution in [2.24, 2.45) is 0 Å². The fraction of sp³-hybridized carbons (Fsp3) is 0.381. The van der Waals surface area contributed by atoms with E-state index < -0.39 is 12.1 Å². The van der Waals surface area contributed by atoms with Crippen LogP contribution in [0, 0.1) is 0 Å². The van der Waals surface area contributed by atoms with Crippen molar-refractivity contribution >= 4 is 11.9 Å². The molecule has 1 saturated carbocycles. The van der Waals surface area contributed by atoms with Gasteiger partial charge in [0, 0.05) is 12.2 Å². The van der Waals surface area contributed by atoms with Gasteiger partial charge in [-0.05, 0) is 44.0 Å². The Kier molecular flexibility index (Phi) is 6.41. The number of esters is 1. The van der Waals surface area contributed by atoms with Crippen LogP contribution in [0.1, 0.15) is 49.4 Å². The molecule has 3 rings (SSSR count). The van der Waals surface area contributed by atoms with Crippen LogP contribution in [-0.4, -0.2) is 29.0 Å². The van der Waals surface area contributed by atoms with Gasteiger partial charge < -0.3 is 14.8 Å². The van der Waals surface area contributed by atoms with Gasteiger partial charge in [0.1, 0.15) is 11.3 Å². The quantitative estimate of drug-likeness (QED) is 0.783. The van der Waals surface area contributed by atoms with Gasteiger partial charge in [0.05, 0.1) is 0 Å². The second kappa shape index (κ2) is 9.16. The first-order valence-corrected chi connectivity index (χ1v) is 9.33. The largest absolute Gasteiger partial charge is 0.449 e. The minimum Gasteiger partial charge on any atom is -0.449 e. The van der Waals surface area contributed by atoms with E-state index in [1.54, 1.807) is 31.2 Å². The Morgan fingerprint density at radius 2 is 1.81 bits per heavy atom. The van der Waals surface area contributed by atoms with Crippen molar-refractivity contribution < 1.29 is 19.1 Å². The van der Waals surface area contributed by atoms with Gasteiger partial charge in [0.15, 0.2) is 6.10 Å². The lowest BCUT2D eigenvalue weighted by molar-refractivity contribution is -0.130. The predicted molar refractivity (Wildman–Crippen MR) is 101 cm³/mol. The molecule has 142 valence electrons. The fourth-order valence-corrected chi connectivity index (χ4v) is 3.07. The van der Waals surface area contributed by atoms with Crippen molar-refractivity contribution in [3.63, 3.8) is 0 Å². The molecule has 0 radical (unpaired) electrons. The molecule has 1 unspecified atom stereocenters.